The number of piperidine rings is 1. The fourth-order valence-electron chi connectivity index (χ4n) is 4.91. The van der Waals surface area contributed by atoms with Crippen molar-refractivity contribution in [1.82, 2.24) is 9.80 Å². The number of halogens is 2. The lowest BCUT2D eigenvalue weighted by atomic mass is 9.75. The number of nitrogens with two attached hydrogens (primary N) is 1. The van der Waals surface area contributed by atoms with Gasteiger partial charge in [-0.25, -0.2) is 4.21 Å². The molecule has 2 saturated heterocycles. The van der Waals surface area contributed by atoms with Gasteiger partial charge in [0.05, 0.1) is 31.7 Å². The second-order valence-electron chi connectivity index (χ2n) is 9.60. The van der Waals surface area contributed by atoms with E-state index in [1.54, 1.807) is 6.07 Å². The topological polar surface area (TPSA) is 86.9 Å². The fraction of sp³-hybridized carbons (Fsp3) is 0.682. The zero-order valence-electron chi connectivity index (χ0n) is 18.4. The number of carbonyl (C=O) groups excluding carboxylic acids is 1. The van der Waals surface area contributed by atoms with E-state index in [-0.39, 0.29) is 29.4 Å². The van der Waals surface area contributed by atoms with Crippen LogP contribution in [0.5, 0.6) is 5.75 Å². The largest absolute Gasteiger partial charge is 0.508 e. The summed E-state index contributed by atoms with van der Waals surface area (Å²) in [7, 11) is 0.532. The molecule has 3 atom stereocenters. The van der Waals surface area contributed by atoms with Crippen molar-refractivity contribution in [2.75, 3.05) is 33.2 Å². The number of aromatic hydroxyl groups is 1. The van der Waals surface area contributed by atoms with Crippen molar-refractivity contribution >= 4 is 40.1 Å². The maximum absolute atomic E-state index is 12.9. The minimum Gasteiger partial charge on any atom is -0.508 e. The van der Waals surface area contributed by atoms with E-state index >= 15 is 0 Å². The standard InChI is InChI=1S/C22H33Cl2N3O3S/c1-22(2,31(25)30)12-17(16-10-18(23)19(24)11-20(16)28)14-5-8-27(9-6-14)21(29)15-4-7-26(3)13-15/h10-11,14-15,17,28H,4-9,12-13,25H2,1-3H3/t15-,17+,31?/m0/s1. The van der Waals surface area contributed by atoms with Gasteiger partial charge in [0.25, 0.3) is 0 Å². The molecule has 6 nitrogen and oxygen atoms in total. The van der Waals surface area contributed by atoms with E-state index in [9.17, 15) is 14.1 Å². The summed E-state index contributed by atoms with van der Waals surface area (Å²) in [5.74, 6) is 0.550. The van der Waals surface area contributed by atoms with Gasteiger partial charge in [-0.1, -0.05) is 23.2 Å². The molecule has 2 aliphatic rings. The SMILES string of the molecule is CN1CC[C@H](C(=O)N2CCC([C@@H](CC(C)(C)S(N)=O)c3cc(Cl)c(Cl)cc3O)CC2)C1. The van der Waals surface area contributed by atoms with Crippen molar-refractivity contribution < 1.29 is 14.1 Å². The maximum atomic E-state index is 12.9. The lowest BCUT2D eigenvalue weighted by Gasteiger charge is -2.39. The van der Waals surface area contributed by atoms with Gasteiger partial charge in [-0.2, -0.15) is 0 Å². The zero-order chi connectivity index (χ0) is 22.9. The molecule has 1 aromatic rings. The molecule has 0 bridgehead atoms. The molecule has 0 radical (unpaired) electrons. The van der Waals surface area contributed by atoms with Gasteiger partial charge in [0, 0.05) is 25.7 Å². The van der Waals surface area contributed by atoms with E-state index in [0.29, 0.717) is 35.1 Å². The minimum absolute atomic E-state index is 0.0884. The Hall–Kier alpha value is -0.860. The summed E-state index contributed by atoms with van der Waals surface area (Å²) in [4.78, 5) is 17.1. The Bertz CT molecular complexity index is 844. The van der Waals surface area contributed by atoms with E-state index in [4.69, 9.17) is 28.3 Å². The molecule has 9 heteroatoms. The predicted octanol–water partition coefficient (Wildman–Crippen LogP) is 3.76. The predicted molar refractivity (Wildman–Crippen MR) is 127 cm³/mol. The zero-order valence-corrected chi connectivity index (χ0v) is 20.8. The van der Waals surface area contributed by atoms with E-state index < -0.39 is 15.7 Å². The van der Waals surface area contributed by atoms with E-state index in [2.05, 4.69) is 11.9 Å². The van der Waals surface area contributed by atoms with Crippen molar-refractivity contribution in [3.63, 3.8) is 0 Å². The molecule has 0 aromatic heterocycles. The van der Waals surface area contributed by atoms with Gasteiger partial charge < -0.3 is 14.9 Å². The number of carbonyl (C=O) groups is 1. The van der Waals surface area contributed by atoms with Crippen LogP contribution >= 0.6 is 23.2 Å². The highest BCUT2D eigenvalue weighted by Gasteiger charge is 2.38. The van der Waals surface area contributed by atoms with Gasteiger partial charge in [-0.3, -0.25) is 9.93 Å². The third-order valence-corrected chi connectivity index (χ3v) is 8.86. The number of phenols is 1. The van der Waals surface area contributed by atoms with Gasteiger partial charge in [0.2, 0.25) is 5.91 Å². The molecule has 3 rings (SSSR count). The van der Waals surface area contributed by atoms with Crippen molar-refractivity contribution in [3.05, 3.63) is 27.7 Å². The first-order chi connectivity index (χ1) is 14.5. The molecule has 2 fully saturated rings. The van der Waals surface area contributed by atoms with Gasteiger partial charge in [0.1, 0.15) is 5.75 Å². The highest BCUT2D eigenvalue weighted by molar-refractivity contribution is 7.84. The lowest BCUT2D eigenvalue weighted by molar-refractivity contribution is -0.136. The Kier molecular flexibility index (Phi) is 7.96. The Morgan fingerprint density at radius 2 is 1.84 bits per heavy atom. The summed E-state index contributed by atoms with van der Waals surface area (Å²) in [5.41, 5.74) is 0.704. The number of hydrogen-bond donors (Lipinski definition) is 2. The number of likely N-dealkylation sites (tertiary alicyclic amines) is 2. The van der Waals surface area contributed by atoms with E-state index in [0.717, 1.165) is 32.4 Å². The average molecular weight is 490 g/mol. The molecule has 0 aliphatic carbocycles. The molecule has 1 unspecified atom stereocenters. The Morgan fingerprint density at radius 1 is 1.23 bits per heavy atom. The second-order valence-corrected chi connectivity index (χ2v) is 12.1. The number of amides is 1. The molecular formula is C22H33Cl2N3O3S. The van der Waals surface area contributed by atoms with Crippen LogP contribution in [0.4, 0.5) is 0 Å². The van der Waals surface area contributed by atoms with Gasteiger partial charge in [-0.05, 0) is 76.6 Å². The third kappa shape index (κ3) is 5.74. The van der Waals surface area contributed by atoms with Crippen molar-refractivity contribution in [2.24, 2.45) is 17.0 Å². The summed E-state index contributed by atoms with van der Waals surface area (Å²) in [5, 5.41) is 17.1. The molecule has 2 heterocycles. The number of phenolic OH excluding ortho intramolecular Hbond substituents is 1. The first kappa shape index (κ1) is 24.8. The molecule has 2 aliphatic heterocycles. The van der Waals surface area contributed by atoms with Crippen molar-refractivity contribution in [3.8, 4) is 5.75 Å². The van der Waals surface area contributed by atoms with Crippen LogP contribution in [-0.2, 0) is 15.8 Å². The van der Waals surface area contributed by atoms with Gasteiger partial charge in [-0.15, -0.1) is 0 Å². The molecule has 0 saturated carbocycles. The third-order valence-electron chi connectivity index (χ3n) is 6.89. The lowest BCUT2D eigenvalue weighted by Crippen LogP contribution is -2.44. The fourth-order valence-corrected chi connectivity index (χ4v) is 5.58. The molecule has 1 amide bonds. The summed E-state index contributed by atoms with van der Waals surface area (Å²) in [6, 6.07) is 3.18. The minimum atomic E-state index is -1.52. The van der Waals surface area contributed by atoms with Crippen LogP contribution in [0.3, 0.4) is 0 Å². The average Bonchev–Trinajstić information content (AvgIpc) is 3.15. The van der Waals surface area contributed by atoms with Gasteiger partial charge >= 0.3 is 0 Å². The molecule has 1 aromatic carbocycles. The van der Waals surface area contributed by atoms with Crippen LogP contribution in [0.25, 0.3) is 0 Å². The summed E-state index contributed by atoms with van der Waals surface area (Å²) < 4.78 is 11.5. The number of nitrogens with zero attached hydrogens (tertiary/aromatic N) is 2. The molecule has 3 N–H and O–H groups in total. The van der Waals surface area contributed by atoms with E-state index in [1.807, 2.05) is 18.7 Å². The number of benzene rings is 1. The maximum Gasteiger partial charge on any atom is 0.227 e. The second kappa shape index (κ2) is 9.96. The monoisotopic (exact) mass is 489 g/mol. The Labute approximate surface area is 197 Å². The van der Waals surface area contributed by atoms with Crippen LogP contribution < -0.4 is 5.14 Å². The molecular weight excluding hydrogens is 457 g/mol. The molecule has 31 heavy (non-hydrogen) atoms. The van der Waals surface area contributed by atoms with Crippen molar-refractivity contribution in [2.45, 2.75) is 50.2 Å². The summed E-state index contributed by atoms with van der Waals surface area (Å²) in [6.45, 7) is 6.93. The number of rotatable bonds is 6. The Morgan fingerprint density at radius 3 is 2.39 bits per heavy atom. The first-order valence-corrected chi connectivity index (χ1v) is 12.8. The highest BCUT2D eigenvalue weighted by atomic mass is 35.5. The van der Waals surface area contributed by atoms with Crippen LogP contribution in [0.1, 0.15) is 51.0 Å². The summed E-state index contributed by atoms with van der Waals surface area (Å²) in [6.07, 6.45) is 3.08. The van der Waals surface area contributed by atoms with Crippen LogP contribution in [0, 0.1) is 11.8 Å². The van der Waals surface area contributed by atoms with Crippen LogP contribution in [-0.4, -0.2) is 63.0 Å². The van der Waals surface area contributed by atoms with Gasteiger partial charge in [0.15, 0.2) is 0 Å². The number of hydrogen-bond acceptors (Lipinski definition) is 4. The smallest absolute Gasteiger partial charge is 0.227 e. The first-order valence-electron chi connectivity index (χ1n) is 10.8. The summed E-state index contributed by atoms with van der Waals surface area (Å²) >= 11 is 12.3. The van der Waals surface area contributed by atoms with Crippen LogP contribution in [0.15, 0.2) is 12.1 Å². The molecule has 174 valence electrons. The van der Waals surface area contributed by atoms with Crippen molar-refractivity contribution in [1.29, 1.82) is 0 Å². The quantitative estimate of drug-likeness (QED) is 0.636. The van der Waals surface area contributed by atoms with E-state index in [1.165, 1.54) is 6.07 Å². The highest BCUT2D eigenvalue weighted by Crippen LogP contribution is 2.44. The Balaban J connectivity index is 1.78. The van der Waals surface area contributed by atoms with Crippen LogP contribution in [0.2, 0.25) is 10.0 Å². The normalized spacial score (nSPS) is 23.2. The molecule has 0 spiro atoms.